The molecule has 15 heavy (non-hydrogen) atoms. The van der Waals surface area contributed by atoms with E-state index in [9.17, 15) is 4.79 Å². The summed E-state index contributed by atoms with van der Waals surface area (Å²) in [5, 5.41) is 8.42. The Kier molecular flexibility index (Phi) is 14.9. The predicted molar refractivity (Wildman–Crippen MR) is 66.6 cm³/mol. The first-order chi connectivity index (χ1) is 6.63. The molecule has 2 nitrogen and oxygen atoms in total. The van der Waals surface area contributed by atoms with E-state index in [1.165, 1.54) is 32.1 Å². The second-order valence-electron chi connectivity index (χ2n) is 4.45. The Morgan fingerprint density at radius 2 is 1.47 bits per heavy atom. The van der Waals surface area contributed by atoms with Gasteiger partial charge in [-0.2, -0.15) is 0 Å². The van der Waals surface area contributed by atoms with E-state index in [4.69, 9.17) is 5.11 Å². The van der Waals surface area contributed by atoms with Crippen LogP contribution < -0.4 is 0 Å². The van der Waals surface area contributed by atoms with Gasteiger partial charge in [0, 0.05) is 6.42 Å². The molecule has 0 aromatic heterocycles. The number of hydrogen-bond acceptors (Lipinski definition) is 1. The summed E-state index contributed by atoms with van der Waals surface area (Å²) in [5.41, 5.74) is 0. The molecule has 0 aliphatic rings. The zero-order valence-corrected chi connectivity index (χ0v) is 9.59. The Balaban J connectivity index is 0. The maximum atomic E-state index is 10.2. The Hall–Kier alpha value is 0.470. The third-order valence-electron chi connectivity index (χ3n) is 2.42. The summed E-state index contributed by atoms with van der Waals surface area (Å²) in [4.78, 5) is 10.2. The van der Waals surface area contributed by atoms with Crippen LogP contribution in [0.15, 0.2) is 0 Å². The van der Waals surface area contributed by atoms with Crippen LogP contribution in [0.3, 0.4) is 0 Å². The Morgan fingerprint density at radius 3 is 1.93 bits per heavy atom. The number of carboxylic acid groups (broad SMARTS) is 1. The van der Waals surface area contributed by atoms with Crippen LogP contribution in [-0.4, -0.2) is 40.6 Å². The molecule has 0 radical (unpaired) electrons. The first kappa shape index (κ1) is 17.9. The topological polar surface area (TPSA) is 37.3 Å². The molecule has 0 rings (SSSR count). The number of rotatable bonds is 9. The van der Waals surface area contributed by atoms with Crippen molar-refractivity contribution in [1.82, 2.24) is 0 Å². The fraction of sp³-hybridized carbons (Fsp3) is 0.917. The fourth-order valence-corrected chi connectivity index (χ4v) is 1.54. The van der Waals surface area contributed by atoms with Gasteiger partial charge < -0.3 is 5.11 Å². The molecule has 0 unspecified atom stereocenters. The van der Waals surface area contributed by atoms with E-state index in [1.807, 2.05) is 0 Å². The van der Waals surface area contributed by atoms with Gasteiger partial charge in [0.1, 0.15) is 0 Å². The van der Waals surface area contributed by atoms with Crippen LogP contribution >= 0.6 is 0 Å². The van der Waals surface area contributed by atoms with Crippen molar-refractivity contribution in [3.63, 3.8) is 0 Å². The molecule has 0 aromatic carbocycles. The number of carboxylic acids is 1. The third-order valence-corrected chi connectivity index (χ3v) is 2.42. The van der Waals surface area contributed by atoms with Crippen LogP contribution in [0.1, 0.15) is 65.2 Å². The summed E-state index contributed by atoms with van der Waals surface area (Å²) in [6.07, 6.45) is 8.70. The van der Waals surface area contributed by atoms with Gasteiger partial charge in [-0.05, 0) is 12.3 Å². The van der Waals surface area contributed by atoms with E-state index in [0.29, 0.717) is 6.42 Å². The van der Waals surface area contributed by atoms with Crippen molar-refractivity contribution in [1.29, 1.82) is 0 Å². The van der Waals surface area contributed by atoms with Crippen molar-refractivity contribution in [3.05, 3.63) is 0 Å². The van der Waals surface area contributed by atoms with Crippen LogP contribution in [0, 0.1) is 5.92 Å². The molecule has 0 atom stereocenters. The van der Waals surface area contributed by atoms with Crippen molar-refractivity contribution >= 4 is 35.5 Å². The molecule has 3 heteroatoms. The second-order valence-corrected chi connectivity index (χ2v) is 4.45. The molecule has 86 valence electrons. The van der Waals surface area contributed by atoms with Crippen molar-refractivity contribution in [3.8, 4) is 0 Å². The van der Waals surface area contributed by atoms with Crippen LogP contribution in [0.25, 0.3) is 0 Å². The molecule has 0 bridgehead atoms. The number of aliphatic carboxylic acids is 1. The van der Waals surface area contributed by atoms with Crippen molar-refractivity contribution in [2.45, 2.75) is 65.2 Å². The van der Waals surface area contributed by atoms with Crippen LogP contribution in [0.2, 0.25) is 0 Å². The summed E-state index contributed by atoms with van der Waals surface area (Å²) >= 11 is 0. The predicted octanol–water partition coefficient (Wildman–Crippen LogP) is 3.20. The Morgan fingerprint density at radius 1 is 1.00 bits per heavy atom. The van der Waals surface area contributed by atoms with E-state index in [2.05, 4.69) is 13.8 Å². The molecular weight excluding hydrogens is 199 g/mol. The summed E-state index contributed by atoms with van der Waals surface area (Å²) in [7, 11) is 0. The van der Waals surface area contributed by atoms with E-state index in [1.54, 1.807) is 0 Å². The van der Waals surface area contributed by atoms with Crippen LogP contribution in [0.5, 0.6) is 0 Å². The molecular formula is C12H25NaO2. The molecule has 0 heterocycles. The van der Waals surface area contributed by atoms with Gasteiger partial charge in [-0.3, -0.25) is 4.79 Å². The standard InChI is InChI=1S/C12H24O2.Na.H/c1-11(2)9-7-5-3-4-6-8-10-12(13)14;;/h11H,3-10H2,1-2H3,(H,13,14);;. The fourth-order valence-electron chi connectivity index (χ4n) is 1.54. The maximum absolute atomic E-state index is 10.2. The van der Waals surface area contributed by atoms with Gasteiger partial charge in [-0.1, -0.05) is 52.4 Å². The van der Waals surface area contributed by atoms with Gasteiger partial charge in [-0.15, -0.1) is 0 Å². The first-order valence-electron chi connectivity index (χ1n) is 5.84. The van der Waals surface area contributed by atoms with Gasteiger partial charge in [0.15, 0.2) is 0 Å². The van der Waals surface area contributed by atoms with Gasteiger partial charge in [0.2, 0.25) is 0 Å². The minimum absolute atomic E-state index is 0. The number of hydrogen-bond donors (Lipinski definition) is 1. The van der Waals surface area contributed by atoms with Gasteiger partial charge in [0.05, 0.1) is 0 Å². The van der Waals surface area contributed by atoms with Gasteiger partial charge in [0.25, 0.3) is 0 Å². The minimum atomic E-state index is -0.662. The zero-order valence-electron chi connectivity index (χ0n) is 9.59. The first-order valence-corrected chi connectivity index (χ1v) is 5.84. The average Bonchev–Trinajstić information content (AvgIpc) is 2.08. The zero-order chi connectivity index (χ0) is 10.8. The van der Waals surface area contributed by atoms with Crippen molar-refractivity contribution < 1.29 is 9.90 Å². The SMILES string of the molecule is CC(C)CCCCCCCCC(=O)O.[NaH]. The van der Waals surface area contributed by atoms with Gasteiger partial charge in [-0.25, -0.2) is 0 Å². The Labute approximate surface area is 116 Å². The molecule has 1 N–H and O–H groups in total. The molecule has 0 saturated heterocycles. The number of unbranched alkanes of at least 4 members (excludes halogenated alkanes) is 5. The van der Waals surface area contributed by atoms with Crippen LogP contribution in [-0.2, 0) is 4.79 Å². The third kappa shape index (κ3) is 17.1. The van der Waals surface area contributed by atoms with E-state index >= 15 is 0 Å². The van der Waals surface area contributed by atoms with E-state index < -0.39 is 5.97 Å². The van der Waals surface area contributed by atoms with Crippen molar-refractivity contribution in [2.24, 2.45) is 5.92 Å². The molecule has 0 aromatic rings. The van der Waals surface area contributed by atoms with Crippen molar-refractivity contribution in [2.75, 3.05) is 0 Å². The molecule has 0 amide bonds. The molecule has 0 aliphatic heterocycles. The monoisotopic (exact) mass is 224 g/mol. The molecule has 0 saturated carbocycles. The van der Waals surface area contributed by atoms with E-state index in [-0.39, 0.29) is 29.6 Å². The average molecular weight is 224 g/mol. The molecule has 0 fully saturated rings. The number of carbonyl (C=O) groups is 1. The summed E-state index contributed by atoms with van der Waals surface area (Å²) in [6.45, 7) is 4.51. The normalized spacial score (nSPS) is 10.1. The van der Waals surface area contributed by atoms with E-state index in [0.717, 1.165) is 18.8 Å². The van der Waals surface area contributed by atoms with Crippen LogP contribution in [0.4, 0.5) is 0 Å². The molecule has 0 spiro atoms. The molecule has 0 aliphatic carbocycles. The summed E-state index contributed by atoms with van der Waals surface area (Å²) < 4.78 is 0. The van der Waals surface area contributed by atoms with Gasteiger partial charge >= 0.3 is 35.5 Å². The second kappa shape index (κ2) is 12.5. The Bertz CT molecular complexity index is 147. The summed E-state index contributed by atoms with van der Waals surface area (Å²) in [5.74, 6) is 0.159. The summed E-state index contributed by atoms with van der Waals surface area (Å²) in [6, 6.07) is 0. The quantitative estimate of drug-likeness (QED) is 0.482.